The molecule has 46 valence electrons. The lowest BCUT2D eigenvalue weighted by Crippen LogP contribution is -2.07. The van der Waals surface area contributed by atoms with Crippen molar-refractivity contribution in [3.8, 4) is 0 Å². The van der Waals surface area contributed by atoms with Gasteiger partial charge in [0.2, 0.25) is 0 Å². The maximum atomic E-state index is 5.11. The third-order valence-corrected chi connectivity index (χ3v) is 0.657. The first-order valence-corrected chi connectivity index (χ1v) is 2.28. The van der Waals surface area contributed by atoms with Gasteiger partial charge in [0.05, 0.1) is 5.82 Å². The Bertz CT molecular complexity index is 120. The average Bonchev–Trinajstić information content (AvgIpc) is 1.65. The van der Waals surface area contributed by atoms with E-state index in [1.54, 1.807) is 6.08 Å². The molecule has 0 unspecified atom stereocenters. The lowest BCUT2D eigenvalue weighted by atomic mass is 10.3. The summed E-state index contributed by atoms with van der Waals surface area (Å²) >= 11 is 0. The molecule has 0 aliphatic heterocycles. The molecule has 0 aromatic carbocycles. The Morgan fingerprint density at radius 2 is 1.88 bits per heavy atom. The van der Waals surface area contributed by atoms with Crippen molar-refractivity contribution in [3.05, 3.63) is 23.7 Å². The van der Waals surface area contributed by atoms with E-state index in [0.29, 0.717) is 0 Å². The number of hydrogen-bond acceptors (Lipinski definition) is 3. The molecule has 0 saturated carbocycles. The number of nitrogens with two attached hydrogens (primary N) is 3. The SMILES string of the molecule is C/C(C=C(N)N)=C/N. The number of allylic oxidation sites excluding steroid dienone is 2. The maximum absolute atomic E-state index is 5.11. The van der Waals surface area contributed by atoms with Gasteiger partial charge in [0.1, 0.15) is 0 Å². The summed E-state index contributed by atoms with van der Waals surface area (Å²) in [6, 6.07) is 0. The van der Waals surface area contributed by atoms with Gasteiger partial charge in [0.25, 0.3) is 0 Å². The summed E-state index contributed by atoms with van der Waals surface area (Å²) in [5, 5.41) is 0. The van der Waals surface area contributed by atoms with Crippen LogP contribution in [0.4, 0.5) is 0 Å². The highest BCUT2D eigenvalue weighted by Crippen LogP contribution is 1.89. The van der Waals surface area contributed by atoms with Crippen molar-refractivity contribution in [2.24, 2.45) is 17.2 Å². The van der Waals surface area contributed by atoms with Crippen molar-refractivity contribution in [2.45, 2.75) is 6.92 Å². The van der Waals surface area contributed by atoms with Crippen molar-refractivity contribution in [1.29, 1.82) is 0 Å². The lowest BCUT2D eigenvalue weighted by Gasteiger charge is -1.89. The minimum Gasteiger partial charge on any atom is -0.404 e. The summed E-state index contributed by atoms with van der Waals surface area (Å²) in [4.78, 5) is 0. The van der Waals surface area contributed by atoms with Crippen LogP contribution in [0, 0.1) is 0 Å². The molecule has 0 aromatic rings. The summed E-state index contributed by atoms with van der Waals surface area (Å²) in [5.41, 5.74) is 16.2. The van der Waals surface area contributed by atoms with Gasteiger partial charge in [0, 0.05) is 0 Å². The molecule has 8 heavy (non-hydrogen) atoms. The summed E-state index contributed by atoms with van der Waals surface area (Å²) < 4.78 is 0. The molecule has 0 spiro atoms. The highest BCUT2D eigenvalue weighted by Gasteiger charge is 1.78. The molecule has 0 aliphatic carbocycles. The zero-order chi connectivity index (χ0) is 6.57. The number of rotatable bonds is 1. The van der Waals surface area contributed by atoms with Gasteiger partial charge in [-0.3, -0.25) is 0 Å². The van der Waals surface area contributed by atoms with Crippen LogP contribution >= 0.6 is 0 Å². The Morgan fingerprint density at radius 1 is 1.38 bits per heavy atom. The molecule has 0 bridgehead atoms. The van der Waals surface area contributed by atoms with E-state index in [0.717, 1.165) is 5.57 Å². The van der Waals surface area contributed by atoms with Gasteiger partial charge in [-0.25, -0.2) is 0 Å². The fourth-order valence-corrected chi connectivity index (χ4v) is 0.311. The van der Waals surface area contributed by atoms with E-state index in [2.05, 4.69) is 0 Å². The van der Waals surface area contributed by atoms with Gasteiger partial charge in [-0.2, -0.15) is 0 Å². The molecule has 3 heteroatoms. The molecule has 0 fully saturated rings. The fraction of sp³-hybridized carbons (Fsp3) is 0.200. The maximum Gasteiger partial charge on any atom is 0.0936 e. The van der Waals surface area contributed by atoms with E-state index < -0.39 is 0 Å². The molecule has 0 radical (unpaired) electrons. The quantitative estimate of drug-likeness (QED) is 0.405. The average molecular weight is 113 g/mol. The zero-order valence-corrected chi connectivity index (χ0v) is 4.89. The molecule has 0 aliphatic rings. The highest BCUT2D eigenvalue weighted by atomic mass is 14.8. The van der Waals surface area contributed by atoms with Gasteiger partial charge in [-0.1, -0.05) is 0 Å². The number of hydrogen-bond donors (Lipinski definition) is 3. The molecular formula is C5H11N3. The second kappa shape index (κ2) is 2.96. The van der Waals surface area contributed by atoms with Crippen molar-refractivity contribution in [2.75, 3.05) is 0 Å². The molecule has 0 amide bonds. The largest absolute Gasteiger partial charge is 0.404 e. The first kappa shape index (κ1) is 6.88. The van der Waals surface area contributed by atoms with Crippen LogP contribution in [0.15, 0.2) is 23.7 Å². The minimum atomic E-state index is 0.282. The predicted octanol–water partition coefficient (Wildman–Crippen LogP) is -0.392. The third kappa shape index (κ3) is 3.08. The summed E-state index contributed by atoms with van der Waals surface area (Å²) in [5.74, 6) is 0.282. The fourth-order valence-electron chi connectivity index (χ4n) is 0.311. The molecular weight excluding hydrogens is 102 g/mol. The van der Waals surface area contributed by atoms with Crippen molar-refractivity contribution in [3.63, 3.8) is 0 Å². The van der Waals surface area contributed by atoms with Crippen LogP contribution in [0.3, 0.4) is 0 Å². The van der Waals surface area contributed by atoms with Crippen LogP contribution in [0.5, 0.6) is 0 Å². The second-order valence-corrected chi connectivity index (χ2v) is 1.56. The molecule has 3 nitrogen and oxygen atoms in total. The van der Waals surface area contributed by atoms with Crippen LogP contribution in [-0.2, 0) is 0 Å². The normalized spacial score (nSPS) is 10.9. The first-order valence-electron chi connectivity index (χ1n) is 2.28. The molecule has 6 N–H and O–H groups in total. The van der Waals surface area contributed by atoms with Crippen LogP contribution < -0.4 is 17.2 Å². The van der Waals surface area contributed by atoms with E-state index in [1.165, 1.54) is 6.20 Å². The molecule has 0 rings (SSSR count). The predicted molar refractivity (Wildman–Crippen MR) is 34.4 cm³/mol. The Hall–Kier alpha value is -1.12. The van der Waals surface area contributed by atoms with Gasteiger partial charge in [-0.05, 0) is 24.8 Å². The van der Waals surface area contributed by atoms with E-state index >= 15 is 0 Å². The van der Waals surface area contributed by atoms with E-state index in [1.807, 2.05) is 6.92 Å². The van der Waals surface area contributed by atoms with E-state index in [4.69, 9.17) is 17.2 Å². The van der Waals surface area contributed by atoms with E-state index in [-0.39, 0.29) is 5.82 Å². The first-order chi connectivity index (χ1) is 3.66. The summed E-state index contributed by atoms with van der Waals surface area (Å²) in [6.45, 7) is 1.82. The summed E-state index contributed by atoms with van der Waals surface area (Å²) in [7, 11) is 0. The Kier molecular flexibility index (Phi) is 2.54. The monoisotopic (exact) mass is 113 g/mol. The molecule has 0 aromatic heterocycles. The smallest absolute Gasteiger partial charge is 0.0936 e. The van der Waals surface area contributed by atoms with Gasteiger partial charge in [-0.15, -0.1) is 0 Å². The summed E-state index contributed by atoms with van der Waals surface area (Å²) in [6.07, 6.45) is 3.04. The second-order valence-electron chi connectivity index (χ2n) is 1.56. The standard InChI is InChI=1S/C5H11N3/c1-4(3-6)2-5(7)8/h2-3H,6-8H2,1H3/b4-3-. The van der Waals surface area contributed by atoms with Crippen LogP contribution in [0.25, 0.3) is 0 Å². The van der Waals surface area contributed by atoms with Gasteiger partial charge < -0.3 is 17.2 Å². The van der Waals surface area contributed by atoms with E-state index in [9.17, 15) is 0 Å². The topological polar surface area (TPSA) is 78.1 Å². The van der Waals surface area contributed by atoms with Crippen molar-refractivity contribution >= 4 is 0 Å². The molecule has 0 saturated heterocycles. The third-order valence-electron chi connectivity index (χ3n) is 0.657. The van der Waals surface area contributed by atoms with Gasteiger partial charge in [0.15, 0.2) is 0 Å². The van der Waals surface area contributed by atoms with Crippen LogP contribution in [-0.4, -0.2) is 0 Å². The zero-order valence-electron chi connectivity index (χ0n) is 4.89. The minimum absolute atomic E-state index is 0.282. The lowest BCUT2D eigenvalue weighted by molar-refractivity contribution is 1.23. The molecule has 0 atom stereocenters. The Labute approximate surface area is 48.8 Å². The Morgan fingerprint density at radius 3 is 2.00 bits per heavy atom. The molecule has 0 heterocycles. The van der Waals surface area contributed by atoms with Crippen molar-refractivity contribution < 1.29 is 0 Å². The highest BCUT2D eigenvalue weighted by molar-refractivity contribution is 5.16. The van der Waals surface area contributed by atoms with Crippen molar-refractivity contribution in [1.82, 2.24) is 0 Å². The van der Waals surface area contributed by atoms with Crippen LogP contribution in [0.2, 0.25) is 0 Å². The van der Waals surface area contributed by atoms with Crippen LogP contribution in [0.1, 0.15) is 6.92 Å². The Balaban J connectivity index is 3.89. The van der Waals surface area contributed by atoms with Gasteiger partial charge >= 0.3 is 0 Å².